The highest BCUT2D eigenvalue weighted by Gasteiger charge is 2.19. The molecule has 0 fully saturated rings. The number of carboxylic acids is 1. The van der Waals surface area contributed by atoms with Crippen molar-refractivity contribution in [3.63, 3.8) is 0 Å². The van der Waals surface area contributed by atoms with Crippen LogP contribution in [0.15, 0.2) is 23.2 Å². The molecule has 0 aliphatic rings. The van der Waals surface area contributed by atoms with Gasteiger partial charge in [0, 0.05) is 0 Å². The van der Waals surface area contributed by atoms with Gasteiger partial charge in [0.25, 0.3) is 0 Å². The minimum atomic E-state index is -3.49. The Kier molecular flexibility index (Phi) is 3.64. The summed E-state index contributed by atoms with van der Waals surface area (Å²) in [7, 11) is -3.49. The van der Waals surface area contributed by atoms with Gasteiger partial charge in [-0.3, -0.25) is 0 Å². The predicted octanol–water partition coefficient (Wildman–Crippen LogP) is 1.21. The molecule has 1 aromatic rings. The smallest absolute Gasteiger partial charge is 0.354 e. The van der Waals surface area contributed by atoms with Gasteiger partial charge in [0.1, 0.15) is 5.69 Å². The van der Waals surface area contributed by atoms with Crippen molar-refractivity contribution in [2.45, 2.75) is 18.9 Å². The van der Waals surface area contributed by atoms with E-state index < -0.39 is 15.8 Å². The van der Waals surface area contributed by atoms with Crippen molar-refractivity contribution in [3.8, 4) is 0 Å². The molecule has 0 bridgehead atoms. The lowest BCUT2D eigenvalue weighted by molar-refractivity contribution is 0.0689. The first-order valence-corrected chi connectivity index (χ1v) is 6.41. The molecule has 1 rings (SSSR count). The highest BCUT2D eigenvalue weighted by Crippen LogP contribution is 2.12. The maximum Gasteiger partial charge on any atom is 0.354 e. The van der Waals surface area contributed by atoms with Gasteiger partial charge in [-0.05, 0) is 18.1 Å². The number of carboxylic acid groups (broad SMARTS) is 1. The molecule has 0 unspecified atom stereocenters. The summed E-state index contributed by atoms with van der Waals surface area (Å²) in [6.45, 7) is 3.55. The summed E-state index contributed by atoms with van der Waals surface area (Å²) >= 11 is 0. The fourth-order valence-corrected chi connectivity index (χ4v) is 2.80. The van der Waals surface area contributed by atoms with E-state index >= 15 is 0 Å². The van der Waals surface area contributed by atoms with Gasteiger partial charge in [-0.2, -0.15) is 0 Å². The van der Waals surface area contributed by atoms with Gasteiger partial charge in [-0.1, -0.05) is 19.9 Å². The lowest BCUT2D eigenvalue weighted by Crippen LogP contribution is -2.14. The molecule has 0 spiro atoms. The molecule has 0 saturated heterocycles. The van der Waals surface area contributed by atoms with E-state index in [0.717, 1.165) is 0 Å². The van der Waals surface area contributed by atoms with Crippen molar-refractivity contribution in [1.29, 1.82) is 0 Å². The van der Waals surface area contributed by atoms with Crippen molar-refractivity contribution in [2.24, 2.45) is 5.92 Å². The van der Waals surface area contributed by atoms with Crippen LogP contribution in [0.1, 0.15) is 24.3 Å². The summed E-state index contributed by atoms with van der Waals surface area (Å²) in [6.07, 6.45) is 0. The Morgan fingerprint density at radius 1 is 1.44 bits per heavy atom. The van der Waals surface area contributed by atoms with Crippen LogP contribution in [-0.4, -0.2) is 30.2 Å². The molecule has 1 heterocycles. The zero-order chi connectivity index (χ0) is 12.3. The molecule has 0 aliphatic carbocycles. The SMILES string of the molecule is CC(C)CS(=O)(=O)c1cccc(C(=O)O)n1. The van der Waals surface area contributed by atoms with Crippen LogP contribution in [0.5, 0.6) is 0 Å². The third kappa shape index (κ3) is 3.03. The summed E-state index contributed by atoms with van der Waals surface area (Å²) in [5, 5.41) is 8.52. The average Bonchev–Trinajstić information content (AvgIpc) is 2.16. The molecule has 88 valence electrons. The van der Waals surface area contributed by atoms with E-state index in [9.17, 15) is 13.2 Å². The van der Waals surface area contributed by atoms with Crippen LogP contribution in [0, 0.1) is 5.92 Å². The van der Waals surface area contributed by atoms with Crippen molar-refractivity contribution in [1.82, 2.24) is 4.98 Å². The number of rotatable bonds is 4. The molecule has 1 N–H and O–H groups in total. The standard InChI is InChI=1S/C10H13NO4S/c1-7(2)6-16(14,15)9-5-3-4-8(11-9)10(12)13/h3-5,7H,6H2,1-2H3,(H,12,13). The van der Waals surface area contributed by atoms with Crippen molar-refractivity contribution in [2.75, 3.05) is 5.75 Å². The van der Waals surface area contributed by atoms with Gasteiger partial charge in [-0.15, -0.1) is 0 Å². The van der Waals surface area contributed by atoms with Crippen molar-refractivity contribution < 1.29 is 18.3 Å². The summed E-state index contributed by atoms with van der Waals surface area (Å²) in [4.78, 5) is 14.3. The number of aromatic carboxylic acids is 1. The van der Waals surface area contributed by atoms with E-state index in [-0.39, 0.29) is 22.4 Å². The van der Waals surface area contributed by atoms with Gasteiger partial charge in [-0.25, -0.2) is 18.2 Å². The van der Waals surface area contributed by atoms with Crippen LogP contribution in [-0.2, 0) is 9.84 Å². The van der Waals surface area contributed by atoms with Gasteiger partial charge >= 0.3 is 5.97 Å². The number of aromatic nitrogens is 1. The first-order chi connectivity index (χ1) is 7.33. The first-order valence-electron chi connectivity index (χ1n) is 4.76. The number of hydrogen-bond donors (Lipinski definition) is 1. The molecule has 16 heavy (non-hydrogen) atoms. The minimum Gasteiger partial charge on any atom is -0.477 e. The molecule has 0 aliphatic heterocycles. The monoisotopic (exact) mass is 243 g/mol. The fraction of sp³-hybridized carbons (Fsp3) is 0.400. The second kappa shape index (κ2) is 4.61. The Bertz CT molecular complexity index is 493. The Morgan fingerprint density at radius 3 is 2.56 bits per heavy atom. The van der Waals surface area contributed by atoms with Crippen molar-refractivity contribution in [3.05, 3.63) is 23.9 Å². The van der Waals surface area contributed by atoms with Gasteiger partial charge in [0.2, 0.25) is 0 Å². The van der Waals surface area contributed by atoms with E-state index in [0.29, 0.717) is 0 Å². The Balaban J connectivity index is 3.14. The number of pyridine rings is 1. The fourth-order valence-electron chi connectivity index (χ4n) is 1.23. The molecule has 1 aromatic heterocycles. The van der Waals surface area contributed by atoms with Crippen LogP contribution < -0.4 is 0 Å². The second-order valence-corrected chi connectivity index (χ2v) is 5.82. The summed E-state index contributed by atoms with van der Waals surface area (Å²) in [6, 6.07) is 3.95. The maximum atomic E-state index is 11.8. The van der Waals surface area contributed by atoms with Gasteiger partial charge in [0.05, 0.1) is 5.75 Å². The van der Waals surface area contributed by atoms with Crippen LogP contribution in [0.25, 0.3) is 0 Å². The normalized spacial score (nSPS) is 11.7. The molecule has 0 aromatic carbocycles. The van der Waals surface area contributed by atoms with Crippen molar-refractivity contribution >= 4 is 15.8 Å². The zero-order valence-electron chi connectivity index (χ0n) is 9.04. The molecule has 0 amide bonds. The van der Waals surface area contributed by atoms with Crippen LogP contribution >= 0.6 is 0 Å². The van der Waals surface area contributed by atoms with E-state index in [2.05, 4.69) is 4.98 Å². The largest absolute Gasteiger partial charge is 0.477 e. The molecular formula is C10H13NO4S. The molecule has 0 saturated carbocycles. The van der Waals surface area contributed by atoms with Crippen LogP contribution in [0.3, 0.4) is 0 Å². The van der Waals surface area contributed by atoms with E-state index in [4.69, 9.17) is 5.11 Å². The molecule has 5 nitrogen and oxygen atoms in total. The second-order valence-electron chi connectivity index (χ2n) is 3.84. The predicted molar refractivity (Wildman–Crippen MR) is 58.1 cm³/mol. The highest BCUT2D eigenvalue weighted by atomic mass is 32.2. The third-order valence-corrected chi connectivity index (χ3v) is 3.78. The highest BCUT2D eigenvalue weighted by molar-refractivity contribution is 7.91. The number of sulfone groups is 1. The summed E-state index contributed by atoms with van der Waals surface area (Å²) in [5.41, 5.74) is -0.259. The molecule has 0 radical (unpaired) electrons. The lowest BCUT2D eigenvalue weighted by atomic mass is 10.3. The van der Waals surface area contributed by atoms with E-state index in [1.807, 2.05) is 0 Å². The Hall–Kier alpha value is -1.43. The van der Waals surface area contributed by atoms with E-state index in [1.54, 1.807) is 13.8 Å². The minimum absolute atomic E-state index is 0.0275. The van der Waals surface area contributed by atoms with Crippen LogP contribution in [0.4, 0.5) is 0 Å². The topological polar surface area (TPSA) is 84.3 Å². The van der Waals surface area contributed by atoms with Gasteiger partial charge in [0.15, 0.2) is 14.9 Å². The molecular weight excluding hydrogens is 230 g/mol. The third-order valence-electron chi connectivity index (χ3n) is 1.81. The van der Waals surface area contributed by atoms with Gasteiger partial charge < -0.3 is 5.11 Å². The molecule has 6 heteroatoms. The Morgan fingerprint density at radius 2 is 2.06 bits per heavy atom. The number of carbonyl (C=O) groups is 1. The summed E-state index contributed by atoms with van der Waals surface area (Å²) < 4.78 is 23.5. The number of hydrogen-bond acceptors (Lipinski definition) is 4. The quantitative estimate of drug-likeness (QED) is 0.859. The lowest BCUT2D eigenvalue weighted by Gasteiger charge is -2.06. The Labute approximate surface area is 94.1 Å². The maximum absolute atomic E-state index is 11.8. The van der Waals surface area contributed by atoms with E-state index in [1.165, 1.54) is 18.2 Å². The zero-order valence-corrected chi connectivity index (χ0v) is 9.86. The first kappa shape index (κ1) is 12.6. The number of nitrogens with zero attached hydrogens (tertiary/aromatic N) is 1. The van der Waals surface area contributed by atoms with Crippen LogP contribution in [0.2, 0.25) is 0 Å². The molecule has 0 atom stereocenters. The average molecular weight is 243 g/mol. The summed E-state index contributed by atoms with van der Waals surface area (Å²) in [5.74, 6) is -1.30.